The number of hydrogen-bond donors (Lipinski definition) is 1. The lowest BCUT2D eigenvalue weighted by Crippen LogP contribution is -2.33. The minimum atomic E-state index is -1.12. The Labute approximate surface area is 147 Å². The molecule has 0 fully saturated rings. The Morgan fingerprint density at radius 1 is 1.08 bits per heavy atom. The predicted molar refractivity (Wildman–Crippen MR) is 93.8 cm³/mol. The zero-order valence-electron chi connectivity index (χ0n) is 14.7. The summed E-state index contributed by atoms with van der Waals surface area (Å²) in [5.74, 6) is -1.93. The third kappa shape index (κ3) is 5.55. The molecule has 0 saturated carbocycles. The fraction of sp³-hybridized carbons (Fsp3) is 0.350. The average Bonchev–Trinajstić information content (AvgIpc) is 2.56. The Morgan fingerprint density at radius 2 is 1.76 bits per heavy atom. The quantitative estimate of drug-likeness (QED) is 0.801. The second kappa shape index (κ2) is 8.60. The zero-order valence-corrected chi connectivity index (χ0v) is 14.7. The van der Waals surface area contributed by atoms with Gasteiger partial charge in [-0.15, -0.1) is 0 Å². The summed E-state index contributed by atoms with van der Waals surface area (Å²) in [4.78, 5) is 12.1. The summed E-state index contributed by atoms with van der Waals surface area (Å²) in [7, 11) is 0. The molecule has 0 heterocycles. The molecule has 0 spiro atoms. The molecule has 1 atom stereocenters. The Kier molecular flexibility index (Phi) is 6.51. The van der Waals surface area contributed by atoms with Crippen molar-refractivity contribution in [3.63, 3.8) is 0 Å². The van der Waals surface area contributed by atoms with Crippen LogP contribution in [-0.2, 0) is 6.42 Å². The van der Waals surface area contributed by atoms with Gasteiger partial charge in [0.1, 0.15) is 5.75 Å². The molecule has 0 aliphatic heterocycles. The van der Waals surface area contributed by atoms with Gasteiger partial charge in [0.2, 0.25) is 0 Å². The van der Waals surface area contributed by atoms with E-state index in [1.807, 2.05) is 45.0 Å². The minimum absolute atomic E-state index is 0.129. The number of hydrogen-bond acceptors (Lipinski definition) is 2. The van der Waals surface area contributed by atoms with Gasteiger partial charge in [-0.25, -0.2) is 8.78 Å². The highest BCUT2D eigenvalue weighted by Crippen LogP contribution is 2.16. The highest BCUT2D eigenvalue weighted by molar-refractivity contribution is 5.94. The Balaban J connectivity index is 1.87. The largest absolute Gasteiger partial charge is 0.491 e. The van der Waals surface area contributed by atoms with Crippen molar-refractivity contribution in [1.29, 1.82) is 0 Å². The van der Waals surface area contributed by atoms with E-state index in [0.29, 0.717) is 6.42 Å². The van der Waals surface area contributed by atoms with Gasteiger partial charge in [0.05, 0.1) is 11.7 Å². The maximum absolute atomic E-state index is 13.6. The molecule has 0 radical (unpaired) electrons. The summed E-state index contributed by atoms with van der Waals surface area (Å²) in [5, 5.41) is 2.70. The van der Waals surface area contributed by atoms with Crippen LogP contribution in [0.25, 0.3) is 0 Å². The molecule has 0 aliphatic carbocycles. The smallest absolute Gasteiger partial charge is 0.254 e. The van der Waals surface area contributed by atoms with Crippen LogP contribution in [0, 0.1) is 11.6 Å². The average molecular weight is 347 g/mol. The fourth-order valence-corrected chi connectivity index (χ4v) is 2.44. The normalized spacial score (nSPS) is 12.1. The summed E-state index contributed by atoms with van der Waals surface area (Å²) in [6.45, 7) is 5.78. The van der Waals surface area contributed by atoms with Crippen LogP contribution in [0.4, 0.5) is 8.78 Å². The maximum atomic E-state index is 13.6. The van der Waals surface area contributed by atoms with Crippen LogP contribution in [0.5, 0.6) is 5.75 Å². The predicted octanol–water partition coefficient (Wildman–Crippen LogP) is 4.50. The Bertz CT molecular complexity index is 714. The first kappa shape index (κ1) is 18.9. The Morgan fingerprint density at radius 3 is 2.40 bits per heavy atom. The molecule has 1 N–H and O–H groups in total. The molecule has 1 amide bonds. The SMILES string of the molecule is CC(CCc1ccc(OC(C)C)cc1)NC(=O)c1cccc(F)c1F. The van der Waals surface area contributed by atoms with Gasteiger partial charge in [0, 0.05) is 6.04 Å². The molecule has 0 bridgehead atoms. The van der Waals surface area contributed by atoms with Gasteiger partial charge in [0.25, 0.3) is 5.91 Å². The van der Waals surface area contributed by atoms with Crippen molar-refractivity contribution in [2.75, 3.05) is 0 Å². The van der Waals surface area contributed by atoms with Gasteiger partial charge in [-0.2, -0.15) is 0 Å². The maximum Gasteiger partial charge on any atom is 0.254 e. The molecule has 25 heavy (non-hydrogen) atoms. The third-order valence-corrected chi connectivity index (χ3v) is 3.73. The molecule has 2 aromatic rings. The number of benzene rings is 2. The van der Waals surface area contributed by atoms with Crippen LogP contribution >= 0.6 is 0 Å². The Hall–Kier alpha value is -2.43. The van der Waals surface area contributed by atoms with Crippen LogP contribution in [0.3, 0.4) is 0 Å². The summed E-state index contributed by atoms with van der Waals surface area (Å²) in [5.41, 5.74) is 0.844. The van der Waals surface area contributed by atoms with E-state index in [9.17, 15) is 13.6 Å². The summed E-state index contributed by atoms with van der Waals surface area (Å²) >= 11 is 0. The lowest BCUT2D eigenvalue weighted by Gasteiger charge is -2.15. The van der Waals surface area contributed by atoms with Crippen molar-refractivity contribution in [2.24, 2.45) is 0 Å². The van der Waals surface area contributed by atoms with Gasteiger partial charge in [-0.3, -0.25) is 4.79 Å². The van der Waals surface area contributed by atoms with E-state index in [-0.39, 0.29) is 17.7 Å². The molecule has 1 unspecified atom stereocenters. The van der Waals surface area contributed by atoms with E-state index >= 15 is 0 Å². The molecule has 2 aromatic carbocycles. The molecule has 0 saturated heterocycles. The number of carbonyl (C=O) groups excluding carboxylic acids is 1. The standard InChI is InChI=1S/C20H23F2NO2/c1-13(2)25-16-11-9-15(10-12-16)8-7-14(3)23-20(24)17-5-4-6-18(21)19(17)22/h4-6,9-14H,7-8H2,1-3H3,(H,23,24). The van der Waals surface area contributed by atoms with E-state index in [0.717, 1.165) is 23.8 Å². The van der Waals surface area contributed by atoms with Crippen molar-refractivity contribution in [1.82, 2.24) is 5.32 Å². The van der Waals surface area contributed by atoms with E-state index in [4.69, 9.17) is 4.74 Å². The summed E-state index contributed by atoms with van der Waals surface area (Å²) in [6.07, 6.45) is 1.58. The number of nitrogens with one attached hydrogen (secondary N) is 1. The molecule has 0 aliphatic rings. The van der Waals surface area contributed by atoms with Crippen LogP contribution in [-0.4, -0.2) is 18.1 Å². The molecular weight excluding hydrogens is 324 g/mol. The first-order valence-electron chi connectivity index (χ1n) is 8.37. The van der Waals surface area contributed by atoms with Gasteiger partial charge in [0.15, 0.2) is 11.6 Å². The highest BCUT2D eigenvalue weighted by atomic mass is 19.2. The second-order valence-corrected chi connectivity index (χ2v) is 6.33. The van der Waals surface area contributed by atoms with Gasteiger partial charge in [-0.1, -0.05) is 18.2 Å². The van der Waals surface area contributed by atoms with Crippen LogP contribution in [0.15, 0.2) is 42.5 Å². The summed E-state index contributed by atoms with van der Waals surface area (Å²) in [6, 6.07) is 11.2. The molecule has 0 aromatic heterocycles. The monoisotopic (exact) mass is 347 g/mol. The minimum Gasteiger partial charge on any atom is -0.491 e. The summed E-state index contributed by atoms with van der Waals surface area (Å²) < 4.78 is 32.4. The zero-order chi connectivity index (χ0) is 18.4. The lowest BCUT2D eigenvalue weighted by molar-refractivity contribution is 0.0933. The first-order chi connectivity index (χ1) is 11.9. The topological polar surface area (TPSA) is 38.3 Å². The van der Waals surface area contributed by atoms with Crippen molar-refractivity contribution in [3.05, 3.63) is 65.2 Å². The van der Waals surface area contributed by atoms with E-state index in [1.165, 1.54) is 12.1 Å². The fourth-order valence-electron chi connectivity index (χ4n) is 2.44. The number of rotatable bonds is 7. The van der Waals surface area contributed by atoms with Gasteiger partial charge < -0.3 is 10.1 Å². The van der Waals surface area contributed by atoms with Crippen LogP contribution < -0.4 is 10.1 Å². The van der Waals surface area contributed by atoms with Crippen molar-refractivity contribution in [2.45, 2.75) is 45.8 Å². The van der Waals surface area contributed by atoms with E-state index < -0.39 is 17.5 Å². The molecular formula is C20H23F2NO2. The number of carbonyl (C=O) groups is 1. The number of ether oxygens (including phenoxy) is 1. The number of aryl methyl sites for hydroxylation is 1. The lowest BCUT2D eigenvalue weighted by atomic mass is 10.1. The first-order valence-corrected chi connectivity index (χ1v) is 8.37. The second-order valence-electron chi connectivity index (χ2n) is 6.33. The van der Waals surface area contributed by atoms with Crippen LogP contribution in [0.2, 0.25) is 0 Å². The van der Waals surface area contributed by atoms with E-state index in [1.54, 1.807) is 0 Å². The number of amides is 1. The van der Waals surface area contributed by atoms with Gasteiger partial charge in [-0.05, 0) is 63.4 Å². The van der Waals surface area contributed by atoms with Crippen molar-refractivity contribution in [3.8, 4) is 5.75 Å². The van der Waals surface area contributed by atoms with E-state index in [2.05, 4.69) is 5.32 Å². The van der Waals surface area contributed by atoms with Crippen molar-refractivity contribution < 1.29 is 18.3 Å². The highest BCUT2D eigenvalue weighted by Gasteiger charge is 2.16. The van der Waals surface area contributed by atoms with Crippen molar-refractivity contribution >= 4 is 5.91 Å². The number of halogens is 2. The third-order valence-electron chi connectivity index (χ3n) is 3.73. The molecule has 2 rings (SSSR count). The molecule has 3 nitrogen and oxygen atoms in total. The van der Waals surface area contributed by atoms with Crippen LogP contribution in [0.1, 0.15) is 43.1 Å². The molecule has 134 valence electrons. The molecule has 5 heteroatoms. The van der Waals surface area contributed by atoms with Gasteiger partial charge >= 0.3 is 0 Å².